The summed E-state index contributed by atoms with van der Waals surface area (Å²) in [4.78, 5) is 18.7. The van der Waals surface area contributed by atoms with Gasteiger partial charge in [-0.25, -0.2) is 4.98 Å². The van der Waals surface area contributed by atoms with Crippen LogP contribution in [0.25, 0.3) is 0 Å². The summed E-state index contributed by atoms with van der Waals surface area (Å²) in [6, 6.07) is 8.39. The zero-order chi connectivity index (χ0) is 17.9. The highest BCUT2D eigenvalue weighted by molar-refractivity contribution is 5.95. The first kappa shape index (κ1) is 17.3. The fraction of sp³-hybridized carbons (Fsp3) is 0.333. The first-order valence-electron chi connectivity index (χ1n) is 8.09. The minimum absolute atomic E-state index is 0.147. The van der Waals surface area contributed by atoms with Crippen LogP contribution in [0.4, 0.5) is 19.0 Å². The number of aromatic nitrogens is 1. The molecule has 4 nitrogen and oxygen atoms in total. The van der Waals surface area contributed by atoms with Crippen molar-refractivity contribution in [1.29, 1.82) is 0 Å². The summed E-state index contributed by atoms with van der Waals surface area (Å²) in [5.74, 6) is 0.0902. The van der Waals surface area contributed by atoms with Gasteiger partial charge in [-0.2, -0.15) is 13.2 Å². The molecular weight excluding hydrogens is 331 g/mol. The fourth-order valence-electron chi connectivity index (χ4n) is 2.90. The van der Waals surface area contributed by atoms with Gasteiger partial charge in [-0.05, 0) is 42.7 Å². The van der Waals surface area contributed by atoms with Crippen LogP contribution in [0.15, 0.2) is 42.6 Å². The summed E-state index contributed by atoms with van der Waals surface area (Å²) in [7, 11) is 0. The van der Waals surface area contributed by atoms with E-state index in [0.29, 0.717) is 0 Å². The van der Waals surface area contributed by atoms with Gasteiger partial charge >= 0.3 is 6.18 Å². The summed E-state index contributed by atoms with van der Waals surface area (Å²) in [5.41, 5.74) is -0.501. The largest absolute Gasteiger partial charge is 0.417 e. The quantitative estimate of drug-likeness (QED) is 0.917. The van der Waals surface area contributed by atoms with Gasteiger partial charge in [0.25, 0.3) is 5.91 Å². The average molecular weight is 349 g/mol. The second kappa shape index (κ2) is 7.13. The van der Waals surface area contributed by atoms with Crippen molar-refractivity contribution in [3.63, 3.8) is 0 Å². The van der Waals surface area contributed by atoms with Gasteiger partial charge in [-0.3, -0.25) is 4.79 Å². The van der Waals surface area contributed by atoms with Crippen LogP contribution < -0.4 is 10.2 Å². The molecule has 0 aliphatic carbocycles. The molecule has 132 valence electrons. The summed E-state index contributed by atoms with van der Waals surface area (Å²) in [6.45, 7) is 2.04. The molecule has 0 atom stereocenters. The Bertz CT molecular complexity index is 755. The number of amides is 1. The normalized spacial score (nSPS) is 14.6. The lowest BCUT2D eigenvalue weighted by Gasteiger charge is -2.17. The summed E-state index contributed by atoms with van der Waals surface area (Å²) < 4.78 is 39.0. The Labute approximate surface area is 143 Å². The molecule has 1 aromatic heterocycles. The molecule has 1 aliphatic heterocycles. The van der Waals surface area contributed by atoms with E-state index in [0.717, 1.165) is 43.4 Å². The standard InChI is InChI=1S/C18H18F3N3O/c19-18(20,21)15-6-2-1-5-14(15)17(25)23-12-13-7-8-22-16(11-13)24-9-3-4-10-24/h1-2,5-8,11H,3-4,9-10,12H2,(H,23,25). The number of hydrogen-bond acceptors (Lipinski definition) is 3. The molecule has 3 rings (SSSR count). The van der Waals surface area contributed by atoms with E-state index in [9.17, 15) is 18.0 Å². The molecule has 25 heavy (non-hydrogen) atoms. The highest BCUT2D eigenvalue weighted by atomic mass is 19.4. The highest BCUT2D eigenvalue weighted by Gasteiger charge is 2.34. The van der Waals surface area contributed by atoms with E-state index in [1.807, 2.05) is 6.07 Å². The third kappa shape index (κ3) is 4.10. The van der Waals surface area contributed by atoms with E-state index in [2.05, 4.69) is 15.2 Å². The first-order valence-corrected chi connectivity index (χ1v) is 8.09. The van der Waals surface area contributed by atoms with Gasteiger partial charge in [0.15, 0.2) is 0 Å². The summed E-state index contributed by atoms with van der Waals surface area (Å²) in [5, 5.41) is 2.56. The molecule has 1 aromatic carbocycles. The van der Waals surface area contributed by atoms with Gasteiger partial charge < -0.3 is 10.2 Å². The Hall–Kier alpha value is -2.57. The lowest BCUT2D eigenvalue weighted by atomic mass is 10.1. The Morgan fingerprint density at radius 2 is 1.88 bits per heavy atom. The number of anilines is 1. The van der Waals surface area contributed by atoms with Crippen LogP contribution in [0.5, 0.6) is 0 Å². The lowest BCUT2D eigenvalue weighted by Crippen LogP contribution is -2.26. The van der Waals surface area contributed by atoms with Crippen LogP contribution in [0.3, 0.4) is 0 Å². The predicted molar refractivity (Wildman–Crippen MR) is 88.3 cm³/mol. The summed E-state index contributed by atoms with van der Waals surface area (Å²) >= 11 is 0. The fourth-order valence-corrected chi connectivity index (χ4v) is 2.90. The molecule has 7 heteroatoms. The smallest absolute Gasteiger partial charge is 0.357 e. The van der Waals surface area contributed by atoms with Gasteiger partial charge in [-0.15, -0.1) is 0 Å². The summed E-state index contributed by atoms with van der Waals surface area (Å²) in [6.07, 6.45) is -0.667. The van der Waals surface area contributed by atoms with E-state index in [4.69, 9.17) is 0 Å². The molecule has 2 aromatic rings. The molecule has 0 unspecified atom stereocenters. The van der Waals surface area contributed by atoms with E-state index in [-0.39, 0.29) is 12.1 Å². The average Bonchev–Trinajstić information content (AvgIpc) is 3.14. The number of hydrogen-bond donors (Lipinski definition) is 1. The third-order valence-electron chi connectivity index (χ3n) is 4.17. The van der Waals surface area contributed by atoms with Gasteiger partial charge in [0.2, 0.25) is 0 Å². The molecule has 0 bridgehead atoms. The third-order valence-corrected chi connectivity index (χ3v) is 4.17. The minimum atomic E-state index is -4.56. The molecule has 1 amide bonds. The zero-order valence-corrected chi connectivity index (χ0v) is 13.5. The maximum absolute atomic E-state index is 13.0. The van der Waals surface area contributed by atoms with Gasteiger partial charge in [0.05, 0.1) is 11.1 Å². The van der Waals surface area contributed by atoms with E-state index in [1.165, 1.54) is 18.2 Å². The van der Waals surface area contributed by atoms with E-state index >= 15 is 0 Å². The van der Waals surface area contributed by atoms with Gasteiger partial charge in [0, 0.05) is 25.8 Å². The number of nitrogens with one attached hydrogen (secondary N) is 1. The molecule has 1 aliphatic rings. The lowest BCUT2D eigenvalue weighted by molar-refractivity contribution is -0.137. The van der Waals surface area contributed by atoms with Crippen molar-refractivity contribution in [1.82, 2.24) is 10.3 Å². The first-order chi connectivity index (χ1) is 11.9. The molecule has 2 heterocycles. The molecular formula is C18H18F3N3O. The number of nitrogens with zero attached hydrogens (tertiary/aromatic N) is 2. The van der Waals surface area contributed by atoms with Crippen molar-refractivity contribution < 1.29 is 18.0 Å². The number of carbonyl (C=O) groups excluding carboxylic acids is 1. The topological polar surface area (TPSA) is 45.2 Å². The second-order valence-corrected chi connectivity index (χ2v) is 5.94. The zero-order valence-electron chi connectivity index (χ0n) is 13.5. The van der Waals surface area contributed by atoms with Crippen molar-refractivity contribution >= 4 is 11.7 Å². The van der Waals surface area contributed by atoms with Crippen molar-refractivity contribution in [3.05, 3.63) is 59.3 Å². The maximum Gasteiger partial charge on any atom is 0.417 e. The van der Waals surface area contributed by atoms with Crippen molar-refractivity contribution in [2.45, 2.75) is 25.6 Å². The molecule has 1 fully saturated rings. The highest BCUT2D eigenvalue weighted by Crippen LogP contribution is 2.31. The van der Waals surface area contributed by atoms with Crippen LogP contribution in [-0.4, -0.2) is 24.0 Å². The van der Waals surface area contributed by atoms with Crippen molar-refractivity contribution in [3.8, 4) is 0 Å². The second-order valence-electron chi connectivity index (χ2n) is 5.94. The molecule has 0 radical (unpaired) electrons. The van der Waals surface area contributed by atoms with E-state index in [1.54, 1.807) is 12.3 Å². The van der Waals surface area contributed by atoms with Crippen molar-refractivity contribution in [2.24, 2.45) is 0 Å². The van der Waals surface area contributed by atoms with Crippen molar-refractivity contribution in [2.75, 3.05) is 18.0 Å². The molecule has 1 saturated heterocycles. The molecule has 0 saturated carbocycles. The van der Waals surface area contributed by atoms with Crippen LogP contribution >= 0.6 is 0 Å². The number of alkyl halides is 3. The Morgan fingerprint density at radius 1 is 1.16 bits per heavy atom. The van der Waals surface area contributed by atoms with Crippen LogP contribution in [0.2, 0.25) is 0 Å². The number of carbonyl (C=O) groups is 1. The van der Waals surface area contributed by atoms with Gasteiger partial charge in [-0.1, -0.05) is 12.1 Å². The predicted octanol–water partition coefficient (Wildman–Crippen LogP) is 3.63. The monoisotopic (exact) mass is 349 g/mol. The Balaban J connectivity index is 1.70. The van der Waals surface area contributed by atoms with Crippen LogP contribution in [0.1, 0.15) is 34.3 Å². The van der Waals surface area contributed by atoms with Crippen LogP contribution in [0, 0.1) is 0 Å². The van der Waals surface area contributed by atoms with Gasteiger partial charge in [0.1, 0.15) is 5.82 Å². The van der Waals surface area contributed by atoms with E-state index < -0.39 is 17.6 Å². The number of rotatable bonds is 4. The van der Waals surface area contributed by atoms with Crippen LogP contribution in [-0.2, 0) is 12.7 Å². The number of halogens is 3. The Kier molecular flexibility index (Phi) is 4.92. The Morgan fingerprint density at radius 3 is 2.60 bits per heavy atom. The number of benzene rings is 1. The SMILES string of the molecule is O=C(NCc1ccnc(N2CCCC2)c1)c1ccccc1C(F)(F)F. The molecule has 0 spiro atoms. The molecule has 1 N–H and O–H groups in total. The minimum Gasteiger partial charge on any atom is -0.357 e. The number of pyridine rings is 1. The maximum atomic E-state index is 13.0.